The van der Waals surface area contributed by atoms with E-state index in [-0.39, 0.29) is 5.41 Å². The van der Waals surface area contributed by atoms with Crippen molar-refractivity contribution in [2.45, 2.75) is 19.3 Å². The van der Waals surface area contributed by atoms with Crippen molar-refractivity contribution >= 4 is 5.78 Å². The lowest BCUT2D eigenvalue weighted by molar-refractivity contribution is -0.130. The molecule has 6 atom stereocenters. The largest absolute Gasteiger partial charge is 0.299 e. The summed E-state index contributed by atoms with van der Waals surface area (Å²) in [7, 11) is 0. The molecule has 0 aromatic rings. The van der Waals surface area contributed by atoms with Crippen LogP contribution in [0.15, 0.2) is 38.0 Å². The van der Waals surface area contributed by atoms with Gasteiger partial charge in [0, 0.05) is 11.3 Å². The predicted molar refractivity (Wildman–Crippen MR) is 69.3 cm³/mol. The molecule has 3 aliphatic rings. The summed E-state index contributed by atoms with van der Waals surface area (Å²) in [6.07, 6.45) is 9.00. The normalized spacial score (nSPS) is 50.6. The Morgan fingerprint density at radius 1 is 1.24 bits per heavy atom. The number of hydrogen-bond donors (Lipinski definition) is 0. The molecule has 0 amide bonds. The van der Waals surface area contributed by atoms with Crippen LogP contribution in [0.3, 0.4) is 0 Å². The summed E-state index contributed by atoms with van der Waals surface area (Å²) in [6.45, 7) is 11.8. The maximum atomic E-state index is 12.6. The average molecular weight is 228 g/mol. The van der Waals surface area contributed by atoms with Gasteiger partial charge in [-0.25, -0.2) is 0 Å². The molecule has 0 N–H and O–H groups in total. The van der Waals surface area contributed by atoms with E-state index in [2.05, 4.69) is 25.8 Å². The van der Waals surface area contributed by atoms with Crippen LogP contribution in [-0.4, -0.2) is 5.78 Å². The fourth-order valence-corrected chi connectivity index (χ4v) is 4.76. The molecule has 0 unspecified atom stereocenters. The fraction of sp³-hybridized carbons (Fsp3) is 0.562. The van der Waals surface area contributed by atoms with Crippen molar-refractivity contribution in [3.05, 3.63) is 38.0 Å². The molecule has 0 aliphatic heterocycles. The first-order chi connectivity index (χ1) is 8.20. The first-order valence-electron chi connectivity index (χ1n) is 6.61. The van der Waals surface area contributed by atoms with Crippen LogP contribution in [0.5, 0.6) is 0 Å². The van der Waals surface area contributed by atoms with Gasteiger partial charge < -0.3 is 0 Å². The number of carbonyl (C=O) groups is 1. The molecule has 0 saturated heterocycles. The predicted octanol–water partition coefficient (Wildman–Crippen LogP) is 3.39. The third-order valence-electron chi connectivity index (χ3n) is 5.41. The highest BCUT2D eigenvalue weighted by Gasteiger charge is 2.72. The van der Waals surface area contributed by atoms with Crippen LogP contribution in [0, 0.1) is 35.0 Å². The molecular weight excluding hydrogens is 208 g/mol. The van der Waals surface area contributed by atoms with E-state index in [1.807, 2.05) is 12.2 Å². The highest BCUT2D eigenvalue weighted by molar-refractivity contribution is 5.94. The number of hydrogen-bond acceptors (Lipinski definition) is 1. The van der Waals surface area contributed by atoms with Gasteiger partial charge in [-0.15, -0.1) is 19.7 Å². The van der Waals surface area contributed by atoms with Crippen molar-refractivity contribution < 1.29 is 4.79 Å². The Labute approximate surface area is 103 Å². The van der Waals surface area contributed by atoms with Gasteiger partial charge in [-0.3, -0.25) is 4.79 Å². The summed E-state index contributed by atoms with van der Waals surface area (Å²) in [5.74, 6) is 2.83. The molecule has 0 spiro atoms. The van der Waals surface area contributed by atoms with Crippen molar-refractivity contribution in [1.82, 2.24) is 0 Å². The molecule has 0 aromatic heterocycles. The summed E-state index contributed by atoms with van der Waals surface area (Å²) >= 11 is 0. The standard InChI is InChI=1S/C16H20O/c1-4-7-16-11(6-3)8-10(5-2)14(16)12-9-13(12)15(16)17/h4-6,10-14H,1-3,7-9H2/t10-,11+,12+,13-,14-,16-/m1/s1. The van der Waals surface area contributed by atoms with Crippen LogP contribution in [0.1, 0.15) is 19.3 Å². The lowest BCUT2D eigenvalue weighted by Crippen LogP contribution is -2.37. The third-order valence-corrected chi connectivity index (χ3v) is 5.41. The molecular formula is C16H20O. The van der Waals surface area contributed by atoms with E-state index in [0.717, 1.165) is 19.3 Å². The molecule has 17 heavy (non-hydrogen) atoms. The van der Waals surface area contributed by atoms with E-state index < -0.39 is 0 Å². The number of allylic oxidation sites excluding steroid dienone is 3. The van der Waals surface area contributed by atoms with Crippen LogP contribution in [0.4, 0.5) is 0 Å². The molecule has 1 nitrogen and oxygen atoms in total. The quantitative estimate of drug-likeness (QED) is 0.674. The summed E-state index contributed by atoms with van der Waals surface area (Å²) < 4.78 is 0. The smallest absolute Gasteiger partial charge is 0.143 e. The topological polar surface area (TPSA) is 17.1 Å². The number of carbonyl (C=O) groups excluding carboxylic acids is 1. The van der Waals surface area contributed by atoms with Gasteiger partial charge in [0.1, 0.15) is 5.78 Å². The SMILES string of the molecule is C=CC[C@]12C(=O)[C@@H]3C[C@@H]3[C@H]1[C@H](C=C)C[C@@H]2C=C. The van der Waals surface area contributed by atoms with Crippen molar-refractivity contribution in [2.24, 2.45) is 35.0 Å². The Balaban J connectivity index is 2.08. The van der Waals surface area contributed by atoms with Gasteiger partial charge in [0.25, 0.3) is 0 Å². The van der Waals surface area contributed by atoms with E-state index in [1.54, 1.807) is 0 Å². The molecule has 0 heterocycles. The average Bonchev–Trinajstić information content (AvgIpc) is 2.99. The Kier molecular flexibility index (Phi) is 2.23. The highest BCUT2D eigenvalue weighted by atomic mass is 16.1. The first kappa shape index (κ1) is 11.0. The minimum Gasteiger partial charge on any atom is -0.299 e. The maximum absolute atomic E-state index is 12.6. The second-order valence-corrected chi connectivity index (χ2v) is 5.91. The maximum Gasteiger partial charge on any atom is 0.143 e. The Morgan fingerprint density at radius 3 is 2.59 bits per heavy atom. The molecule has 0 radical (unpaired) electrons. The fourth-order valence-electron chi connectivity index (χ4n) is 4.76. The highest BCUT2D eigenvalue weighted by Crippen LogP contribution is 2.71. The van der Waals surface area contributed by atoms with Crippen molar-refractivity contribution in [2.75, 3.05) is 0 Å². The molecule has 3 rings (SSSR count). The number of rotatable bonds is 4. The molecule has 3 aliphatic carbocycles. The van der Waals surface area contributed by atoms with Gasteiger partial charge in [-0.1, -0.05) is 18.2 Å². The zero-order chi connectivity index (χ0) is 12.2. The monoisotopic (exact) mass is 228 g/mol. The third kappa shape index (κ3) is 1.13. The molecule has 0 bridgehead atoms. The van der Waals surface area contributed by atoms with Gasteiger partial charge in [-0.2, -0.15) is 0 Å². The minimum atomic E-state index is -0.171. The van der Waals surface area contributed by atoms with Crippen LogP contribution in [-0.2, 0) is 4.79 Å². The molecule has 1 heteroatoms. The summed E-state index contributed by atoms with van der Waals surface area (Å²) in [5.41, 5.74) is -0.171. The minimum absolute atomic E-state index is 0.171. The zero-order valence-corrected chi connectivity index (χ0v) is 10.3. The van der Waals surface area contributed by atoms with Crippen LogP contribution in [0.25, 0.3) is 0 Å². The van der Waals surface area contributed by atoms with E-state index in [0.29, 0.717) is 35.4 Å². The van der Waals surface area contributed by atoms with Crippen molar-refractivity contribution in [3.63, 3.8) is 0 Å². The second kappa shape index (κ2) is 3.44. The van der Waals surface area contributed by atoms with Gasteiger partial charge >= 0.3 is 0 Å². The lowest BCUT2D eigenvalue weighted by Gasteiger charge is -2.34. The first-order valence-corrected chi connectivity index (χ1v) is 6.61. The molecule has 90 valence electrons. The van der Waals surface area contributed by atoms with Gasteiger partial charge in [0.2, 0.25) is 0 Å². The molecule has 3 saturated carbocycles. The van der Waals surface area contributed by atoms with E-state index in [4.69, 9.17) is 0 Å². The van der Waals surface area contributed by atoms with Crippen LogP contribution >= 0.6 is 0 Å². The Bertz CT molecular complexity index is 408. The van der Waals surface area contributed by atoms with Crippen LogP contribution in [0.2, 0.25) is 0 Å². The van der Waals surface area contributed by atoms with Gasteiger partial charge in [0.05, 0.1) is 0 Å². The van der Waals surface area contributed by atoms with Crippen molar-refractivity contribution in [1.29, 1.82) is 0 Å². The number of ketones is 1. The van der Waals surface area contributed by atoms with Crippen LogP contribution < -0.4 is 0 Å². The van der Waals surface area contributed by atoms with Gasteiger partial charge in [-0.05, 0) is 42.9 Å². The van der Waals surface area contributed by atoms with E-state index in [1.165, 1.54) is 0 Å². The number of fused-ring (bicyclic) bond motifs is 3. The van der Waals surface area contributed by atoms with E-state index in [9.17, 15) is 4.79 Å². The zero-order valence-electron chi connectivity index (χ0n) is 10.3. The summed E-state index contributed by atoms with van der Waals surface area (Å²) in [5, 5.41) is 0. The van der Waals surface area contributed by atoms with E-state index >= 15 is 0 Å². The summed E-state index contributed by atoms with van der Waals surface area (Å²) in [4.78, 5) is 12.6. The second-order valence-electron chi connectivity index (χ2n) is 5.91. The Hall–Kier alpha value is -1.11. The number of Topliss-reactive ketones (excluding diaryl/α,β-unsaturated/α-hetero) is 1. The molecule has 0 aromatic carbocycles. The Morgan fingerprint density at radius 2 is 2.00 bits per heavy atom. The summed E-state index contributed by atoms with van der Waals surface area (Å²) in [6, 6.07) is 0. The van der Waals surface area contributed by atoms with Crippen molar-refractivity contribution in [3.8, 4) is 0 Å². The molecule has 3 fully saturated rings. The van der Waals surface area contributed by atoms with Gasteiger partial charge in [0.15, 0.2) is 0 Å². The lowest BCUT2D eigenvalue weighted by atomic mass is 9.67.